The molecule has 0 heterocycles. The molecule has 6 heteroatoms. The van der Waals surface area contributed by atoms with Crippen LogP contribution in [0, 0.1) is 11.8 Å². The number of ether oxygens (including phenoxy) is 3. The highest BCUT2D eigenvalue weighted by Crippen LogP contribution is 2.17. The molecule has 1 atom stereocenters. The van der Waals surface area contributed by atoms with Crippen LogP contribution in [0.25, 0.3) is 0 Å². The van der Waals surface area contributed by atoms with E-state index in [0.717, 1.165) is 69.6 Å². The maximum absolute atomic E-state index is 12.8. The van der Waals surface area contributed by atoms with Gasteiger partial charge in [0.2, 0.25) is 0 Å². The lowest BCUT2D eigenvalue weighted by Gasteiger charge is -2.18. The largest absolute Gasteiger partial charge is 0.462 e. The van der Waals surface area contributed by atoms with Gasteiger partial charge < -0.3 is 14.2 Å². The van der Waals surface area contributed by atoms with Crippen LogP contribution in [0.1, 0.15) is 285 Å². The van der Waals surface area contributed by atoms with E-state index in [1.807, 2.05) is 0 Å². The van der Waals surface area contributed by atoms with Crippen LogP contribution < -0.4 is 0 Å². The van der Waals surface area contributed by atoms with Crippen molar-refractivity contribution in [2.75, 3.05) is 13.2 Å². The Morgan fingerprint density at radius 3 is 0.845 bits per heavy atom. The van der Waals surface area contributed by atoms with E-state index in [1.165, 1.54) is 173 Å². The van der Waals surface area contributed by atoms with Crippen molar-refractivity contribution >= 4 is 17.9 Å². The lowest BCUT2D eigenvalue weighted by molar-refractivity contribution is -0.167. The van der Waals surface area contributed by atoms with Crippen LogP contribution in [0.2, 0.25) is 0 Å². The van der Waals surface area contributed by atoms with Crippen LogP contribution in [-0.4, -0.2) is 37.2 Å². The summed E-state index contributed by atoms with van der Waals surface area (Å²) in [6.45, 7) is 11.4. The Kier molecular flexibility index (Phi) is 43.7. The number of esters is 3. The fourth-order valence-electron chi connectivity index (χ4n) is 7.81. The first-order valence-electron chi connectivity index (χ1n) is 25.7. The zero-order valence-electron chi connectivity index (χ0n) is 39.7. The SMILES string of the molecule is CCCCCCCCCCCCCC(=O)OC[C@@H](COC(=O)CCCCCCCCCCCCCCC(C)C)OC(=O)CCCCCCCCCCCCCC(C)C. The summed E-state index contributed by atoms with van der Waals surface area (Å²) in [5.41, 5.74) is 0. The van der Waals surface area contributed by atoms with Crippen molar-refractivity contribution in [1.29, 1.82) is 0 Å². The lowest BCUT2D eigenvalue weighted by atomic mass is 10.0. The molecule has 0 aliphatic rings. The highest BCUT2D eigenvalue weighted by Gasteiger charge is 2.19. The molecule has 0 fully saturated rings. The summed E-state index contributed by atoms with van der Waals surface area (Å²) < 4.78 is 16.8. The lowest BCUT2D eigenvalue weighted by Crippen LogP contribution is -2.30. The predicted molar refractivity (Wildman–Crippen MR) is 247 cm³/mol. The van der Waals surface area contributed by atoms with Gasteiger partial charge in [0.15, 0.2) is 6.10 Å². The minimum atomic E-state index is -0.761. The molecule has 0 aromatic carbocycles. The van der Waals surface area contributed by atoms with Gasteiger partial charge >= 0.3 is 17.9 Å². The Bertz CT molecular complexity index is 885. The minimum Gasteiger partial charge on any atom is -0.462 e. The van der Waals surface area contributed by atoms with Gasteiger partial charge in [-0.1, -0.05) is 247 Å². The first-order chi connectivity index (χ1) is 28.2. The van der Waals surface area contributed by atoms with E-state index in [0.29, 0.717) is 19.3 Å². The van der Waals surface area contributed by atoms with Crippen LogP contribution in [0.4, 0.5) is 0 Å². The molecule has 0 N–H and O–H groups in total. The molecule has 0 aromatic rings. The van der Waals surface area contributed by atoms with Gasteiger partial charge in [0.1, 0.15) is 13.2 Å². The highest BCUT2D eigenvalue weighted by molar-refractivity contribution is 5.71. The van der Waals surface area contributed by atoms with Gasteiger partial charge in [-0.05, 0) is 31.1 Å². The normalized spacial score (nSPS) is 12.1. The Morgan fingerprint density at radius 1 is 0.328 bits per heavy atom. The van der Waals surface area contributed by atoms with Crippen LogP contribution in [0.3, 0.4) is 0 Å². The van der Waals surface area contributed by atoms with Crippen molar-refractivity contribution in [3.63, 3.8) is 0 Å². The number of carbonyl (C=O) groups is 3. The molecule has 344 valence electrons. The Morgan fingerprint density at radius 2 is 0.569 bits per heavy atom. The molecule has 58 heavy (non-hydrogen) atoms. The molecule has 0 aromatic heterocycles. The molecule has 0 rings (SSSR count). The minimum absolute atomic E-state index is 0.0637. The van der Waals surface area contributed by atoms with E-state index in [9.17, 15) is 14.4 Å². The molecule has 0 unspecified atom stereocenters. The molecule has 0 saturated carbocycles. The first-order valence-corrected chi connectivity index (χ1v) is 25.7. The van der Waals surface area contributed by atoms with Gasteiger partial charge in [0.05, 0.1) is 0 Å². The summed E-state index contributed by atoms with van der Waals surface area (Å²) in [6, 6.07) is 0. The van der Waals surface area contributed by atoms with Gasteiger partial charge in [-0.2, -0.15) is 0 Å². The van der Waals surface area contributed by atoms with Crippen molar-refractivity contribution in [2.24, 2.45) is 11.8 Å². The van der Waals surface area contributed by atoms with Gasteiger partial charge in [0, 0.05) is 19.3 Å². The molecule has 0 amide bonds. The summed E-state index contributed by atoms with van der Waals surface area (Å²) in [6.07, 6.45) is 45.1. The number of rotatable bonds is 46. The van der Waals surface area contributed by atoms with Gasteiger partial charge in [-0.15, -0.1) is 0 Å². The van der Waals surface area contributed by atoms with E-state index < -0.39 is 6.10 Å². The molecule has 0 radical (unpaired) electrons. The number of unbranched alkanes of at least 4 members (excludes halogenated alkanes) is 31. The number of carbonyl (C=O) groups excluding carboxylic acids is 3. The smallest absolute Gasteiger partial charge is 0.306 e. The summed E-state index contributed by atoms with van der Waals surface area (Å²) in [5, 5.41) is 0. The van der Waals surface area contributed by atoms with E-state index in [4.69, 9.17) is 14.2 Å². The second-order valence-electron chi connectivity index (χ2n) is 18.8. The Labute approximate surface area is 361 Å². The molecule has 6 nitrogen and oxygen atoms in total. The average Bonchev–Trinajstić information content (AvgIpc) is 3.19. The quantitative estimate of drug-likeness (QED) is 0.0346. The van der Waals surface area contributed by atoms with Crippen molar-refractivity contribution in [2.45, 2.75) is 291 Å². The van der Waals surface area contributed by atoms with Crippen molar-refractivity contribution in [1.82, 2.24) is 0 Å². The molecule has 0 bridgehead atoms. The van der Waals surface area contributed by atoms with Gasteiger partial charge in [-0.25, -0.2) is 0 Å². The predicted octanol–water partition coefficient (Wildman–Crippen LogP) is 16.5. The summed E-state index contributed by atoms with van der Waals surface area (Å²) in [5.74, 6) is 0.810. The Hall–Kier alpha value is -1.59. The monoisotopic (exact) mass is 821 g/mol. The Balaban J connectivity index is 4.31. The molecule has 0 spiro atoms. The highest BCUT2D eigenvalue weighted by atomic mass is 16.6. The van der Waals surface area contributed by atoms with Crippen LogP contribution in [0.15, 0.2) is 0 Å². The standard InChI is InChI=1S/C52H100O6/c1-6-7-8-9-10-11-15-22-27-32-37-42-50(53)56-45-49(58-52(55)44-39-34-29-24-19-14-17-21-26-31-36-41-48(4)5)46-57-51(54)43-38-33-28-23-18-13-12-16-20-25-30-35-40-47(2)3/h47-49H,6-46H2,1-5H3/t49-/m0/s1. The van der Waals surface area contributed by atoms with Gasteiger partial charge in [0.25, 0.3) is 0 Å². The molecule has 0 aliphatic carbocycles. The first kappa shape index (κ1) is 56.4. The second-order valence-corrected chi connectivity index (χ2v) is 18.8. The topological polar surface area (TPSA) is 78.9 Å². The van der Waals surface area contributed by atoms with Crippen molar-refractivity contribution < 1.29 is 28.6 Å². The van der Waals surface area contributed by atoms with E-state index in [2.05, 4.69) is 34.6 Å². The maximum Gasteiger partial charge on any atom is 0.306 e. The molecular formula is C52H100O6. The van der Waals surface area contributed by atoms with Crippen LogP contribution >= 0.6 is 0 Å². The third-order valence-corrected chi connectivity index (χ3v) is 11.7. The summed E-state index contributed by atoms with van der Waals surface area (Å²) >= 11 is 0. The van der Waals surface area contributed by atoms with E-state index in [1.54, 1.807) is 0 Å². The summed E-state index contributed by atoms with van der Waals surface area (Å²) in [7, 11) is 0. The molecule has 0 saturated heterocycles. The number of hydrogen-bond acceptors (Lipinski definition) is 6. The summed E-state index contributed by atoms with van der Waals surface area (Å²) in [4.78, 5) is 37.9. The number of hydrogen-bond donors (Lipinski definition) is 0. The average molecular weight is 821 g/mol. The van der Waals surface area contributed by atoms with E-state index >= 15 is 0 Å². The third-order valence-electron chi connectivity index (χ3n) is 11.7. The fraction of sp³-hybridized carbons (Fsp3) is 0.942. The zero-order valence-corrected chi connectivity index (χ0v) is 39.7. The zero-order chi connectivity index (χ0) is 42.6. The van der Waals surface area contributed by atoms with E-state index in [-0.39, 0.29) is 31.1 Å². The second kappa shape index (κ2) is 44.9. The van der Waals surface area contributed by atoms with Crippen molar-refractivity contribution in [3.05, 3.63) is 0 Å². The van der Waals surface area contributed by atoms with Crippen LogP contribution in [-0.2, 0) is 28.6 Å². The third kappa shape index (κ3) is 45.5. The fourth-order valence-corrected chi connectivity index (χ4v) is 7.81. The molecular weight excluding hydrogens is 721 g/mol. The van der Waals surface area contributed by atoms with Gasteiger partial charge in [-0.3, -0.25) is 14.4 Å². The van der Waals surface area contributed by atoms with Crippen LogP contribution in [0.5, 0.6) is 0 Å². The maximum atomic E-state index is 12.8. The molecule has 0 aliphatic heterocycles. The van der Waals surface area contributed by atoms with Crippen molar-refractivity contribution in [3.8, 4) is 0 Å².